The molecule has 1 aliphatic rings. The van der Waals surface area contributed by atoms with Crippen molar-refractivity contribution < 1.29 is 5.11 Å². The van der Waals surface area contributed by atoms with Crippen molar-refractivity contribution in [2.24, 2.45) is 0 Å². The summed E-state index contributed by atoms with van der Waals surface area (Å²) in [6, 6.07) is 2.59. The number of hydrogen-bond acceptors (Lipinski definition) is 4. The van der Waals surface area contributed by atoms with Crippen molar-refractivity contribution in [3.63, 3.8) is 0 Å². The highest BCUT2D eigenvalue weighted by Crippen LogP contribution is 2.19. The normalized spacial score (nSPS) is 23.9. The van der Waals surface area contributed by atoms with Gasteiger partial charge in [-0.05, 0) is 34.6 Å². The van der Waals surface area contributed by atoms with Gasteiger partial charge in [0.25, 0.3) is 0 Å². The van der Waals surface area contributed by atoms with Gasteiger partial charge >= 0.3 is 0 Å². The molecular formula is C10H15NOS2. The molecule has 0 saturated carbocycles. The van der Waals surface area contributed by atoms with Crippen LogP contribution in [-0.4, -0.2) is 29.2 Å². The van der Waals surface area contributed by atoms with Gasteiger partial charge in [0.1, 0.15) is 0 Å². The van der Waals surface area contributed by atoms with E-state index in [1.165, 1.54) is 17.9 Å². The zero-order chi connectivity index (χ0) is 9.80. The highest BCUT2D eigenvalue weighted by molar-refractivity contribution is 7.99. The van der Waals surface area contributed by atoms with Crippen molar-refractivity contribution in [1.29, 1.82) is 0 Å². The van der Waals surface area contributed by atoms with Crippen LogP contribution in [0.4, 0.5) is 0 Å². The van der Waals surface area contributed by atoms with Gasteiger partial charge < -0.3 is 10.4 Å². The molecule has 1 aromatic rings. The summed E-state index contributed by atoms with van der Waals surface area (Å²) >= 11 is 3.62. The van der Waals surface area contributed by atoms with Crippen LogP contribution in [0, 0.1) is 0 Å². The molecule has 1 fully saturated rings. The van der Waals surface area contributed by atoms with Crippen LogP contribution >= 0.6 is 23.1 Å². The molecule has 2 heterocycles. The molecule has 2 atom stereocenters. The Morgan fingerprint density at radius 1 is 1.64 bits per heavy atom. The molecule has 0 bridgehead atoms. The van der Waals surface area contributed by atoms with E-state index in [4.69, 9.17) is 0 Å². The van der Waals surface area contributed by atoms with Crippen molar-refractivity contribution in [2.45, 2.75) is 18.6 Å². The number of nitrogens with one attached hydrogen (secondary N) is 1. The minimum Gasteiger partial charge on any atom is -0.387 e. The Hall–Kier alpha value is -0.0300. The van der Waals surface area contributed by atoms with Gasteiger partial charge in [0.2, 0.25) is 0 Å². The van der Waals surface area contributed by atoms with E-state index < -0.39 is 0 Å². The van der Waals surface area contributed by atoms with Crippen LogP contribution in [0.3, 0.4) is 0 Å². The van der Waals surface area contributed by atoms with Gasteiger partial charge in [0.15, 0.2) is 0 Å². The molecule has 0 spiro atoms. The van der Waals surface area contributed by atoms with Crippen LogP contribution < -0.4 is 5.32 Å². The summed E-state index contributed by atoms with van der Waals surface area (Å²) in [7, 11) is 0. The fourth-order valence-corrected chi connectivity index (χ4v) is 3.45. The Balaban J connectivity index is 1.74. The summed E-state index contributed by atoms with van der Waals surface area (Å²) in [6.45, 7) is 0.683. The molecular weight excluding hydrogens is 214 g/mol. The van der Waals surface area contributed by atoms with E-state index in [9.17, 15) is 5.11 Å². The lowest BCUT2D eigenvalue weighted by atomic mass is 10.2. The third-order valence-electron chi connectivity index (χ3n) is 2.46. The molecule has 2 nitrogen and oxygen atoms in total. The lowest BCUT2D eigenvalue weighted by Crippen LogP contribution is -2.32. The standard InChI is InChI=1S/C10H15NOS2/c12-10(8-1-3-13-6-8)5-11-9-2-4-14-7-9/h1,3,6,9-12H,2,4-5,7H2. The van der Waals surface area contributed by atoms with Crippen molar-refractivity contribution in [3.8, 4) is 0 Å². The van der Waals surface area contributed by atoms with Crippen molar-refractivity contribution >= 4 is 23.1 Å². The van der Waals surface area contributed by atoms with Crippen molar-refractivity contribution in [1.82, 2.24) is 5.32 Å². The molecule has 1 aromatic heterocycles. The second kappa shape index (κ2) is 5.16. The minimum atomic E-state index is -0.341. The van der Waals surface area contributed by atoms with Gasteiger partial charge in [-0.25, -0.2) is 0 Å². The van der Waals surface area contributed by atoms with Crippen molar-refractivity contribution in [3.05, 3.63) is 22.4 Å². The van der Waals surface area contributed by atoms with E-state index in [1.807, 2.05) is 28.6 Å². The van der Waals surface area contributed by atoms with Gasteiger partial charge in [-0.3, -0.25) is 0 Å². The lowest BCUT2D eigenvalue weighted by Gasteiger charge is -2.14. The van der Waals surface area contributed by atoms with Gasteiger partial charge in [0.05, 0.1) is 6.10 Å². The van der Waals surface area contributed by atoms with E-state index in [2.05, 4.69) is 5.32 Å². The highest BCUT2D eigenvalue weighted by atomic mass is 32.2. The summed E-state index contributed by atoms with van der Waals surface area (Å²) in [4.78, 5) is 0. The van der Waals surface area contributed by atoms with E-state index in [-0.39, 0.29) is 6.10 Å². The summed E-state index contributed by atoms with van der Waals surface area (Å²) < 4.78 is 0. The van der Waals surface area contributed by atoms with Crippen LogP contribution in [0.25, 0.3) is 0 Å². The molecule has 2 rings (SSSR count). The Morgan fingerprint density at radius 2 is 2.57 bits per heavy atom. The average molecular weight is 229 g/mol. The zero-order valence-electron chi connectivity index (χ0n) is 7.98. The molecule has 0 aliphatic carbocycles. The minimum absolute atomic E-state index is 0.341. The number of aliphatic hydroxyl groups excluding tert-OH is 1. The fraction of sp³-hybridized carbons (Fsp3) is 0.600. The molecule has 2 N–H and O–H groups in total. The molecule has 1 saturated heterocycles. The summed E-state index contributed by atoms with van der Waals surface area (Å²) in [5.74, 6) is 2.45. The Labute approximate surface area is 92.7 Å². The number of thioether (sulfide) groups is 1. The number of hydrogen-bond donors (Lipinski definition) is 2. The summed E-state index contributed by atoms with van der Waals surface area (Å²) in [5.41, 5.74) is 1.04. The first-order valence-electron chi connectivity index (χ1n) is 4.87. The number of aliphatic hydroxyl groups is 1. The lowest BCUT2D eigenvalue weighted by molar-refractivity contribution is 0.171. The number of thiophene rings is 1. The maximum Gasteiger partial charge on any atom is 0.0922 e. The second-order valence-electron chi connectivity index (χ2n) is 3.54. The van der Waals surface area contributed by atoms with E-state index in [1.54, 1.807) is 11.3 Å². The SMILES string of the molecule is OC(CNC1CCSC1)c1ccsc1. The van der Waals surface area contributed by atoms with Crippen molar-refractivity contribution in [2.75, 3.05) is 18.1 Å². The fourth-order valence-electron chi connectivity index (χ4n) is 1.56. The first kappa shape index (κ1) is 10.5. The monoisotopic (exact) mass is 229 g/mol. The largest absolute Gasteiger partial charge is 0.387 e. The molecule has 0 radical (unpaired) electrons. The quantitative estimate of drug-likeness (QED) is 0.827. The second-order valence-corrected chi connectivity index (χ2v) is 5.47. The van der Waals surface area contributed by atoms with Crippen LogP contribution in [0.1, 0.15) is 18.1 Å². The maximum absolute atomic E-state index is 9.81. The third-order valence-corrected chi connectivity index (χ3v) is 4.32. The van der Waals surface area contributed by atoms with Crippen LogP contribution in [0.15, 0.2) is 16.8 Å². The van der Waals surface area contributed by atoms with Crippen LogP contribution in [-0.2, 0) is 0 Å². The third kappa shape index (κ3) is 2.73. The molecule has 78 valence electrons. The van der Waals surface area contributed by atoms with Crippen LogP contribution in [0.5, 0.6) is 0 Å². The summed E-state index contributed by atoms with van der Waals surface area (Å²) in [6.07, 6.45) is 0.896. The Morgan fingerprint density at radius 3 is 3.21 bits per heavy atom. The molecule has 14 heavy (non-hydrogen) atoms. The van der Waals surface area contributed by atoms with E-state index in [0.29, 0.717) is 12.6 Å². The van der Waals surface area contributed by atoms with Gasteiger partial charge in [-0.1, -0.05) is 0 Å². The topological polar surface area (TPSA) is 32.3 Å². The smallest absolute Gasteiger partial charge is 0.0922 e. The first-order valence-corrected chi connectivity index (χ1v) is 6.97. The molecule has 4 heteroatoms. The summed E-state index contributed by atoms with van der Waals surface area (Å²) in [5, 5.41) is 17.2. The van der Waals surface area contributed by atoms with Crippen LogP contribution in [0.2, 0.25) is 0 Å². The first-order chi connectivity index (χ1) is 6.86. The predicted octanol–water partition coefficient (Wildman–Crippen LogP) is 1.88. The molecule has 0 amide bonds. The molecule has 1 aliphatic heterocycles. The Bertz CT molecular complexity index is 257. The van der Waals surface area contributed by atoms with Gasteiger partial charge in [-0.2, -0.15) is 23.1 Å². The predicted molar refractivity (Wildman–Crippen MR) is 63.0 cm³/mol. The van der Waals surface area contributed by atoms with E-state index >= 15 is 0 Å². The molecule has 0 aromatic carbocycles. The van der Waals surface area contributed by atoms with Gasteiger partial charge in [0, 0.05) is 18.3 Å². The maximum atomic E-state index is 9.81. The van der Waals surface area contributed by atoms with Gasteiger partial charge in [-0.15, -0.1) is 0 Å². The molecule has 2 unspecified atom stereocenters. The Kier molecular flexibility index (Phi) is 3.87. The van der Waals surface area contributed by atoms with E-state index in [0.717, 1.165) is 5.56 Å². The zero-order valence-corrected chi connectivity index (χ0v) is 9.61. The number of rotatable bonds is 4. The highest BCUT2D eigenvalue weighted by Gasteiger charge is 2.16. The average Bonchev–Trinajstić information content (AvgIpc) is 2.87.